The van der Waals surface area contributed by atoms with Crippen molar-refractivity contribution in [2.75, 3.05) is 0 Å². The Morgan fingerprint density at radius 2 is 1.63 bits per heavy atom. The molecule has 0 bridgehead atoms. The van der Waals surface area contributed by atoms with Gasteiger partial charge in [-0.2, -0.15) is 0 Å². The minimum absolute atomic E-state index is 0.155. The Morgan fingerprint density at radius 1 is 0.947 bits per heavy atom. The van der Waals surface area contributed by atoms with Crippen LogP contribution in [0.25, 0.3) is 10.9 Å². The molecule has 0 aliphatic rings. The van der Waals surface area contributed by atoms with Crippen LogP contribution >= 0.6 is 0 Å². The molecular weight excluding hydrogens is 237 g/mol. The first kappa shape index (κ1) is 12.0. The van der Waals surface area contributed by atoms with E-state index < -0.39 is 0 Å². The normalized spacial score (nSPS) is 11.1. The lowest BCUT2D eigenvalue weighted by Gasteiger charge is -2.11. The summed E-state index contributed by atoms with van der Waals surface area (Å²) in [6.07, 6.45) is 1.96. The van der Waals surface area contributed by atoms with Crippen molar-refractivity contribution in [3.8, 4) is 0 Å². The molecule has 0 fully saturated rings. The first-order valence-electron chi connectivity index (χ1n) is 6.45. The van der Waals surface area contributed by atoms with Crippen molar-refractivity contribution in [3.05, 3.63) is 71.2 Å². The number of aromatic nitrogens is 1. The summed E-state index contributed by atoms with van der Waals surface area (Å²) in [4.78, 5) is 0. The molecule has 0 saturated heterocycles. The zero-order chi connectivity index (χ0) is 13.4. The van der Waals surface area contributed by atoms with Gasteiger partial charge in [0.1, 0.15) is 5.82 Å². The van der Waals surface area contributed by atoms with Gasteiger partial charge in [0.2, 0.25) is 0 Å². The van der Waals surface area contributed by atoms with Gasteiger partial charge in [0, 0.05) is 18.1 Å². The van der Waals surface area contributed by atoms with Gasteiger partial charge in [-0.3, -0.25) is 0 Å². The Bertz CT molecular complexity index is 720. The highest BCUT2D eigenvalue weighted by Crippen LogP contribution is 2.22. The largest absolute Gasteiger partial charge is 0.343 e. The van der Waals surface area contributed by atoms with Gasteiger partial charge in [-0.15, -0.1) is 0 Å². The van der Waals surface area contributed by atoms with E-state index in [4.69, 9.17) is 0 Å². The number of halogens is 1. The zero-order valence-corrected chi connectivity index (χ0v) is 11.2. The third-order valence-electron chi connectivity index (χ3n) is 3.73. The van der Waals surface area contributed by atoms with E-state index in [-0.39, 0.29) is 5.82 Å². The molecule has 0 radical (unpaired) electrons. The molecule has 1 nitrogen and oxygen atoms in total. The van der Waals surface area contributed by atoms with Crippen LogP contribution in [0.3, 0.4) is 0 Å². The zero-order valence-electron chi connectivity index (χ0n) is 11.2. The van der Waals surface area contributed by atoms with Gasteiger partial charge in [0.25, 0.3) is 0 Å². The number of hydrogen-bond donors (Lipinski definition) is 0. The van der Waals surface area contributed by atoms with Gasteiger partial charge in [-0.25, -0.2) is 4.39 Å². The number of nitrogens with zero attached hydrogens (tertiary/aromatic N) is 1. The van der Waals surface area contributed by atoms with E-state index in [0.29, 0.717) is 5.39 Å². The summed E-state index contributed by atoms with van der Waals surface area (Å²) < 4.78 is 15.8. The highest BCUT2D eigenvalue weighted by atomic mass is 19.1. The Hall–Kier alpha value is -2.09. The average molecular weight is 253 g/mol. The quantitative estimate of drug-likeness (QED) is 0.636. The second kappa shape index (κ2) is 4.54. The summed E-state index contributed by atoms with van der Waals surface area (Å²) in [5, 5.41) is 0.689. The molecule has 1 heterocycles. The molecule has 0 aliphatic heterocycles. The lowest BCUT2D eigenvalue weighted by atomic mass is 10.0. The van der Waals surface area contributed by atoms with Gasteiger partial charge in [0.05, 0.1) is 5.52 Å². The lowest BCUT2D eigenvalue weighted by molar-refractivity contribution is 0.639. The van der Waals surface area contributed by atoms with Crippen molar-refractivity contribution in [2.45, 2.75) is 20.4 Å². The van der Waals surface area contributed by atoms with Crippen molar-refractivity contribution < 1.29 is 4.39 Å². The van der Waals surface area contributed by atoms with Crippen LogP contribution in [0.2, 0.25) is 0 Å². The fourth-order valence-electron chi connectivity index (χ4n) is 2.59. The summed E-state index contributed by atoms with van der Waals surface area (Å²) in [7, 11) is 0. The summed E-state index contributed by atoms with van der Waals surface area (Å²) in [5.41, 5.74) is 4.81. The summed E-state index contributed by atoms with van der Waals surface area (Å²) in [6, 6.07) is 13.4. The first-order chi connectivity index (χ1) is 9.16. The van der Waals surface area contributed by atoms with Crippen molar-refractivity contribution >= 4 is 10.9 Å². The molecule has 0 saturated carbocycles. The van der Waals surface area contributed by atoms with E-state index in [1.165, 1.54) is 22.8 Å². The van der Waals surface area contributed by atoms with Crippen LogP contribution in [-0.4, -0.2) is 4.57 Å². The van der Waals surface area contributed by atoms with Gasteiger partial charge >= 0.3 is 0 Å². The SMILES string of the molecule is Cc1cccc(C)c1Cn1ccc2c(F)cccc21. The van der Waals surface area contributed by atoms with Crippen LogP contribution in [0.1, 0.15) is 16.7 Å². The van der Waals surface area contributed by atoms with Crippen LogP contribution < -0.4 is 0 Å². The van der Waals surface area contributed by atoms with Crippen molar-refractivity contribution in [1.29, 1.82) is 0 Å². The van der Waals surface area contributed by atoms with E-state index >= 15 is 0 Å². The molecule has 0 atom stereocenters. The monoisotopic (exact) mass is 253 g/mol. The number of rotatable bonds is 2. The summed E-state index contributed by atoms with van der Waals surface area (Å²) >= 11 is 0. The van der Waals surface area contributed by atoms with E-state index in [1.807, 2.05) is 18.3 Å². The highest BCUT2D eigenvalue weighted by Gasteiger charge is 2.08. The number of hydrogen-bond acceptors (Lipinski definition) is 0. The van der Waals surface area contributed by atoms with Gasteiger partial charge < -0.3 is 4.57 Å². The molecule has 0 amide bonds. The predicted octanol–water partition coefficient (Wildman–Crippen LogP) is 4.45. The molecule has 1 aromatic heterocycles. The maximum atomic E-state index is 13.7. The van der Waals surface area contributed by atoms with Crippen molar-refractivity contribution in [2.24, 2.45) is 0 Å². The fourth-order valence-corrected chi connectivity index (χ4v) is 2.59. The third kappa shape index (κ3) is 2.03. The Balaban J connectivity index is 2.09. The Kier molecular flexibility index (Phi) is 2.86. The minimum Gasteiger partial charge on any atom is -0.343 e. The van der Waals surface area contributed by atoms with E-state index in [0.717, 1.165) is 12.1 Å². The average Bonchev–Trinajstić information content (AvgIpc) is 2.79. The number of benzene rings is 2. The van der Waals surface area contributed by atoms with Crippen LogP contribution in [0.4, 0.5) is 4.39 Å². The van der Waals surface area contributed by atoms with Crippen LogP contribution in [-0.2, 0) is 6.54 Å². The standard InChI is InChI=1S/C17H16FN/c1-12-5-3-6-13(2)15(12)11-19-10-9-14-16(18)7-4-8-17(14)19/h3-10H,11H2,1-2H3. The lowest BCUT2D eigenvalue weighted by Crippen LogP contribution is -2.02. The maximum absolute atomic E-state index is 13.7. The van der Waals surface area contributed by atoms with E-state index in [1.54, 1.807) is 6.07 Å². The van der Waals surface area contributed by atoms with Crippen molar-refractivity contribution in [3.63, 3.8) is 0 Å². The molecule has 2 aromatic carbocycles. The highest BCUT2D eigenvalue weighted by molar-refractivity contribution is 5.80. The molecule has 0 unspecified atom stereocenters. The van der Waals surface area contributed by atoms with Crippen molar-refractivity contribution in [1.82, 2.24) is 4.57 Å². The van der Waals surface area contributed by atoms with Gasteiger partial charge in [-0.1, -0.05) is 24.3 Å². The van der Waals surface area contributed by atoms with E-state index in [9.17, 15) is 4.39 Å². The molecule has 0 N–H and O–H groups in total. The Morgan fingerprint density at radius 3 is 2.37 bits per heavy atom. The second-order valence-electron chi connectivity index (χ2n) is 4.99. The molecule has 0 aliphatic carbocycles. The second-order valence-corrected chi connectivity index (χ2v) is 4.99. The topological polar surface area (TPSA) is 4.93 Å². The molecule has 19 heavy (non-hydrogen) atoms. The molecular formula is C17H16FN. The first-order valence-corrected chi connectivity index (χ1v) is 6.45. The van der Waals surface area contributed by atoms with Gasteiger partial charge in [-0.05, 0) is 48.7 Å². The summed E-state index contributed by atoms with van der Waals surface area (Å²) in [5.74, 6) is -0.155. The Labute approximate surface area is 112 Å². The molecule has 2 heteroatoms. The molecule has 3 aromatic rings. The minimum atomic E-state index is -0.155. The van der Waals surface area contributed by atoms with Gasteiger partial charge in [0.15, 0.2) is 0 Å². The summed E-state index contributed by atoms with van der Waals surface area (Å²) in [6.45, 7) is 5.02. The number of aryl methyl sites for hydroxylation is 2. The smallest absolute Gasteiger partial charge is 0.132 e. The molecule has 0 spiro atoms. The van der Waals surface area contributed by atoms with Crippen LogP contribution in [0, 0.1) is 19.7 Å². The number of fused-ring (bicyclic) bond motifs is 1. The predicted molar refractivity (Wildman–Crippen MR) is 76.9 cm³/mol. The maximum Gasteiger partial charge on any atom is 0.132 e. The third-order valence-corrected chi connectivity index (χ3v) is 3.73. The van der Waals surface area contributed by atoms with E-state index in [2.05, 4.69) is 36.6 Å². The molecule has 96 valence electrons. The van der Waals surface area contributed by atoms with Crippen LogP contribution in [0.15, 0.2) is 48.7 Å². The van der Waals surface area contributed by atoms with Crippen LogP contribution in [0.5, 0.6) is 0 Å². The fraction of sp³-hybridized carbons (Fsp3) is 0.176. The molecule has 3 rings (SSSR count).